The number of nitrogens with zero attached hydrogens (tertiary/aromatic N) is 3. The van der Waals surface area contributed by atoms with Crippen molar-refractivity contribution in [3.05, 3.63) is 91.4 Å². The molecule has 2 N–H and O–H groups in total. The minimum Gasteiger partial charge on any atom is -0.454 e. The van der Waals surface area contributed by atoms with Crippen LogP contribution in [0.3, 0.4) is 0 Å². The number of aryl methyl sites for hydroxylation is 1. The van der Waals surface area contributed by atoms with Crippen molar-refractivity contribution in [3.8, 4) is 23.3 Å². The third-order valence-corrected chi connectivity index (χ3v) is 6.24. The summed E-state index contributed by atoms with van der Waals surface area (Å²) in [7, 11) is 0. The average Bonchev–Trinajstić information content (AvgIpc) is 3.23. The molecular formula is C23H17BrN4O4. The Morgan fingerprint density at radius 3 is 2.78 bits per heavy atom. The van der Waals surface area contributed by atoms with Gasteiger partial charge in [-0.15, -0.1) is 0 Å². The number of nitrogens with two attached hydrogens (primary N) is 1. The van der Waals surface area contributed by atoms with Crippen LogP contribution in [0, 0.1) is 18.3 Å². The number of hydrogen-bond acceptors (Lipinski definition) is 7. The van der Waals surface area contributed by atoms with Crippen LogP contribution in [-0.2, 0) is 6.54 Å². The second-order valence-electron chi connectivity index (χ2n) is 7.47. The highest BCUT2D eigenvalue weighted by molar-refractivity contribution is 9.10. The zero-order valence-corrected chi connectivity index (χ0v) is 18.5. The van der Waals surface area contributed by atoms with Crippen molar-refractivity contribution < 1.29 is 14.2 Å². The SMILES string of the molecule is Cc1cc2c(c(=O)n1Cc1cccnc1)[C@@H](c1cc3c(cc1Br)OCO3)C(C#N)=C(N)O2. The van der Waals surface area contributed by atoms with E-state index >= 15 is 0 Å². The summed E-state index contributed by atoms with van der Waals surface area (Å²) in [5, 5.41) is 9.90. The van der Waals surface area contributed by atoms with Crippen molar-refractivity contribution in [2.24, 2.45) is 5.73 Å². The molecule has 9 heteroatoms. The number of benzene rings is 1. The summed E-state index contributed by atoms with van der Waals surface area (Å²) < 4.78 is 19.0. The molecule has 0 aliphatic carbocycles. The molecule has 0 saturated heterocycles. The first-order chi connectivity index (χ1) is 15.5. The molecule has 8 nitrogen and oxygen atoms in total. The molecule has 3 aromatic rings. The Bertz CT molecular complexity index is 1380. The molecule has 2 aromatic heterocycles. The van der Waals surface area contributed by atoms with Crippen molar-refractivity contribution in [1.82, 2.24) is 9.55 Å². The molecule has 0 radical (unpaired) electrons. The lowest BCUT2D eigenvalue weighted by Crippen LogP contribution is -2.33. The van der Waals surface area contributed by atoms with Crippen LogP contribution in [0.1, 0.15) is 28.3 Å². The second-order valence-corrected chi connectivity index (χ2v) is 8.32. The molecule has 2 aliphatic rings. The summed E-state index contributed by atoms with van der Waals surface area (Å²) in [6.07, 6.45) is 3.39. The summed E-state index contributed by atoms with van der Waals surface area (Å²) in [5.74, 6) is 0.691. The van der Waals surface area contributed by atoms with Crippen LogP contribution in [0.5, 0.6) is 17.2 Å². The zero-order valence-electron chi connectivity index (χ0n) is 17.0. The highest BCUT2D eigenvalue weighted by Crippen LogP contribution is 2.46. The third kappa shape index (κ3) is 3.20. The molecule has 4 heterocycles. The van der Waals surface area contributed by atoms with Crippen LogP contribution in [0.25, 0.3) is 0 Å². The van der Waals surface area contributed by atoms with E-state index in [1.807, 2.05) is 19.1 Å². The van der Waals surface area contributed by atoms with E-state index in [9.17, 15) is 10.1 Å². The number of halogens is 1. The van der Waals surface area contributed by atoms with Crippen LogP contribution in [0.4, 0.5) is 0 Å². The highest BCUT2D eigenvalue weighted by Gasteiger charge is 2.36. The Balaban J connectivity index is 1.73. The van der Waals surface area contributed by atoms with Gasteiger partial charge in [0.05, 0.1) is 18.0 Å². The lowest BCUT2D eigenvalue weighted by atomic mass is 9.83. The third-order valence-electron chi connectivity index (χ3n) is 5.56. The Hall–Kier alpha value is -3.77. The smallest absolute Gasteiger partial charge is 0.259 e. The van der Waals surface area contributed by atoms with Crippen LogP contribution in [-0.4, -0.2) is 16.3 Å². The van der Waals surface area contributed by atoms with Gasteiger partial charge in [-0.2, -0.15) is 5.26 Å². The predicted octanol–water partition coefficient (Wildman–Crippen LogP) is 3.31. The van der Waals surface area contributed by atoms with E-state index in [1.54, 1.807) is 35.2 Å². The maximum atomic E-state index is 13.8. The molecule has 32 heavy (non-hydrogen) atoms. The van der Waals surface area contributed by atoms with Crippen LogP contribution in [0.2, 0.25) is 0 Å². The normalized spacial score (nSPS) is 16.3. The number of hydrogen-bond donors (Lipinski definition) is 1. The molecule has 0 bridgehead atoms. The molecule has 0 fully saturated rings. The maximum absolute atomic E-state index is 13.8. The van der Waals surface area contributed by atoms with Crippen molar-refractivity contribution in [2.75, 3.05) is 6.79 Å². The van der Waals surface area contributed by atoms with Gasteiger partial charge in [-0.05, 0) is 36.2 Å². The Morgan fingerprint density at radius 1 is 1.28 bits per heavy atom. The minimum atomic E-state index is -0.735. The fraction of sp³-hybridized carbons (Fsp3) is 0.174. The minimum absolute atomic E-state index is 0.0293. The van der Waals surface area contributed by atoms with E-state index < -0.39 is 5.92 Å². The number of aromatic nitrogens is 2. The number of ether oxygens (including phenoxy) is 3. The standard InChI is InChI=1S/C23H17BrN4O4/c1-12-5-19-21(23(29)28(12)10-13-3-2-4-27-9-13)20(15(8-25)22(26)32-19)14-6-17-18(7-16(14)24)31-11-30-17/h2-7,9,20H,10-11,26H2,1H3/t20-/m0/s1. The fourth-order valence-corrected chi connectivity index (χ4v) is 4.57. The first kappa shape index (κ1) is 20.2. The van der Waals surface area contributed by atoms with Gasteiger partial charge < -0.3 is 24.5 Å². The van der Waals surface area contributed by atoms with E-state index in [0.29, 0.717) is 45.1 Å². The first-order valence-electron chi connectivity index (χ1n) is 9.77. The molecule has 5 rings (SSSR count). The highest BCUT2D eigenvalue weighted by atomic mass is 79.9. The molecule has 0 saturated carbocycles. The van der Waals surface area contributed by atoms with Gasteiger partial charge >= 0.3 is 0 Å². The van der Waals surface area contributed by atoms with Gasteiger partial charge in [-0.1, -0.05) is 22.0 Å². The van der Waals surface area contributed by atoms with Crippen molar-refractivity contribution in [1.29, 1.82) is 5.26 Å². The van der Waals surface area contributed by atoms with Crippen molar-refractivity contribution in [3.63, 3.8) is 0 Å². The second kappa shape index (κ2) is 7.73. The molecular weight excluding hydrogens is 476 g/mol. The predicted molar refractivity (Wildman–Crippen MR) is 118 cm³/mol. The fourth-order valence-electron chi connectivity index (χ4n) is 4.02. The van der Waals surface area contributed by atoms with E-state index in [0.717, 1.165) is 5.56 Å². The summed E-state index contributed by atoms with van der Waals surface area (Å²) in [6, 6.07) is 11.1. The molecule has 2 aliphatic heterocycles. The summed E-state index contributed by atoms with van der Waals surface area (Å²) in [5.41, 5.74) is 8.58. The summed E-state index contributed by atoms with van der Waals surface area (Å²) >= 11 is 3.56. The Kier molecular flexibility index (Phi) is 4.87. The van der Waals surface area contributed by atoms with Crippen molar-refractivity contribution in [2.45, 2.75) is 19.4 Å². The van der Waals surface area contributed by atoms with Crippen LogP contribution >= 0.6 is 15.9 Å². The van der Waals surface area contributed by atoms with E-state index in [2.05, 4.69) is 27.0 Å². The summed E-state index contributed by atoms with van der Waals surface area (Å²) in [4.78, 5) is 17.9. The monoisotopic (exact) mass is 492 g/mol. The van der Waals surface area contributed by atoms with E-state index in [4.69, 9.17) is 19.9 Å². The quantitative estimate of drug-likeness (QED) is 0.596. The molecule has 1 atom stereocenters. The van der Waals surface area contributed by atoms with Gasteiger partial charge in [0.25, 0.3) is 5.56 Å². The topological polar surface area (TPSA) is 112 Å². The van der Waals surface area contributed by atoms with Gasteiger partial charge in [-0.3, -0.25) is 9.78 Å². The van der Waals surface area contributed by atoms with Crippen LogP contribution in [0.15, 0.2) is 63.4 Å². The first-order valence-corrected chi connectivity index (χ1v) is 10.6. The Labute approximate surface area is 191 Å². The number of allylic oxidation sites excluding steroid dienone is 1. The number of fused-ring (bicyclic) bond motifs is 2. The number of pyridine rings is 2. The lowest BCUT2D eigenvalue weighted by molar-refractivity contribution is 0.174. The largest absolute Gasteiger partial charge is 0.454 e. The molecule has 1 aromatic carbocycles. The average molecular weight is 493 g/mol. The van der Waals surface area contributed by atoms with Gasteiger partial charge in [-0.25, -0.2) is 0 Å². The Morgan fingerprint density at radius 2 is 2.06 bits per heavy atom. The summed E-state index contributed by atoms with van der Waals surface area (Å²) in [6.45, 7) is 2.27. The molecule has 0 unspecified atom stereocenters. The molecule has 0 amide bonds. The molecule has 160 valence electrons. The zero-order chi connectivity index (χ0) is 22.4. The maximum Gasteiger partial charge on any atom is 0.259 e. The van der Waals surface area contributed by atoms with Crippen molar-refractivity contribution >= 4 is 15.9 Å². The van der Waals surface area contributed by atoms with Gasteiger partial charge in [0.2, 0.25) is 12.7 Å². The van der Waals surface area contributed by atoms with E-state index in [-0.39, 0.29) is 23.8 Å². The lowest BCUT2D eigenvalue weighted by Gasteiger charge is -2.28. The van der Waals surface area contributed by atoms with Gasteiger partial charge in [0.15, 0.2) is 11.5 Å². The molecule has 0 spiro atoms. The van der Waals surface area contributed by atoms with E-state index in [1.165, 1.54) is 0 Å². The van der Waals surface area contributed by atoms with Gasteiger partial charge in [0, 0.05) is 28.6 Å². The number of rotatable bonds is 3. The van der Waals surface area contributed by atoms with Gasteiger partial charge in [0.1, 0.15) is 17.4 Å². The number of nitriles is 1. The van der Waals surface area contributed by atoms with Crippen LogP contribution < -0.4 is 25.5 Å².